The molecule has 4 rings (SSSR count). The second kappa shape index (κ2) is 8.09. The third kappa shape index (κ3) is 4.06. The molecular formula is C24H26O4. The van der Waals surface area contributed by atoms with Crippen LogP contribution in [-0.4, -0.2) is 24.3 Å². The summed E-state index contributed by atoms with van der Waals surface area (Å²) >= 11 is 0. The first-order valence-electron chi connectivity index (χ1n) is 10.0. The quantitative estimate of drug-likeness (QED) is 0.769. The molecule has 0 saturated carbocycles. The number of benzene rings is 2. The van der Waals surface area contributed by atoms with E-state index >= 15 is 0 Å². The van der Waals surface area contributed by atoms with Gasteiger partial charge >= 0.3 is 5.97 Å². The normalized spacial score (nSPS) is 18.2. The van der Waals surface area contributed by atoms with Gasteiger partial charge in [0.05, 0.1) is 13.0 Å². The molecule has 2 aromatic rings. The molecule has 4 heteroatoms. The van der Waals surface area contributed by atoms with Crippen molar-refractivity contribution < 1.29 is 19.4 Å². The van der Waals surface area contributed by atoms with Crippen molar-refractivity contribution in [2.24, 2.45) is 0 Å². The highest BCUT2D eigenvalue weighted by atomic mass is 16.5. The Labute approximate surface area is 165 Å². The van der Waals surface area contributed by atoms with Crippen molar-refractivity contribution in [2.45, 2.75) is 44.9 Å². The summed E-state index contributed by atoms with van der Waals surface area (Å²) in [5, 5.41) is 8.99. The zero-order valence-corrected chi connectivity index (χ0v) is 16.2. The summed E-state index contributed by atoms with van der Waals surface area (Å²) in [6.07, 6.45) is 7.18. The number of ether oxygens (including phenoxy) is 2. The summed E-state index contributed by atoms with van der Waals surface area (Å²) < 4.78 is 11.5. The molecule has 0 aromatic heterocycles. The lowest BCUT2D eigenvalue weighted by atomic mass is 9.89. The Balaban J connectivity index is 1.39. The molecule has 2 aromatic carbocycles. The number of aryl methyl sites for hydroxylation is 2. The van der Waals surface area contributed by atoms with Crippen molar-refractivity contribution in [3.63, 3.8) is 0 Å². The van der Waals surface area contributed by atoms with Crippen LogP contribution in [0.25, 0.3) is 5.57 Å². The van der Waals surface area contributed by atoms with Crippen LogP contribution < -0.4 is 9.47 Å². The smallest absolute Gasteiger partial charge is 0.304 e. The fourth-order valence-electron chi connectivity index (χ4n) is 4.09. The maximum atomic E-state index is 10.9. The molecule has 1 atom stereocenters. The second-order valence-electron chi connectivity index (χ2n) is 7.69. The Morgan fingerprint density at radius 1 is 1.18 bits per heavy atom. The van der Waals surface area contributed by atoms with Gasteiger partial charge in [-0.05, 0) is 67.0 Å². The van der Waals surface area contributed by atoms with E-state index < -0.39 is 5.97 Å². The molecular weight excluding hydrogens is 352 g/mol. The van der Waals surface area contributed by atoms with Crippen molar-refractivity contribution in [2.75, 3.05) is 13.2 Å². The number of carbonyl (C=O) groups is 1. The zero-order valence-electron chi connectivity index (χ0n) is 16.2. The molecule has 1 heterocycles. The maximum Gasteiger partial charge on any atom is 0.304 e. The molecule has 1 aliphatic heterocycles. The molecule has 1 aliphatic carbocycles. The van der Waals surface area contributed by atoms with Crippen LogP contribution >= 0.6 is 0 Å². The topological polar surface area (TPSA) is 55.8 Å². The summed E-state index contributed by atoms with van der Waals surface area (Å²) in [4.78, 5) is 10.9. The SMILES string of the molecule is C/C(=C\COc1ccc2c(c1)OCC2CC(=O)O)c1ccc2c(c1)CCCC2. The van der Waals surface area contributed by atoms with Crippen molar-refractivity contribution in [1.82, 2.24) is 0 Å². The monoisotopic (exact) mass is 378 g/mol. The Bertz CT molecular complexity index is 913. The van der Waals surface area contributed by atoms with Crippen molar-refractivity contribution in [3.05, 3.63) is 64.7 Å². The molecule has 4 nitrogen and oxygen atoms in total. The minimum atomic E-state index is -0.801. The number of rotatable bonds is 6. The summed E-state index contributed by atoms with van der Waals surface area (Å²) in [6, 6.07) is 12.5. The van der Waals surface area contributed by atoms with E-state index in [4.69, 9.17) is 14.6 Å². The molecule has 1 unspecified atom stereocenters. The van der Waals surface area contributed by atoms with Gasteiger partial charge in [0.2, 0.25) is 0 Å². The Kier molecular flexibility index (Phi) is 5.38. The number of allylic oxidation sites excluding steroid dienone is 1. The summed E-state index contributed by atoms with van der Waals surface area (Å²) in [5.74, 6) is 0.598. The predicted octanol–water partition coefficient (Wildman–Crippen LogP) is 5.00. The minimum Gasteiger partial charge on any atom is -0.492 e. The predicted molar refractivity (Wildman–Crippen MR) is 109 cm³/mol. The van der Waals surface area contributed by atoms with Gasteiger partial charge < -0.3 is 14.6 Å². The summed E-state index contributed by atoms with van der Waals surface area (Å²) in [6.45, 7) is 3.03. The van der Waals surface area contributed by atoms with Gasteiger partial charge in [-0.1, -0.05) is 24.3 Å². The lowest BCUT2D eigenvalue weighted by Gasteiger charge is -2.16. The van der Waals surface area contributed by atoms with E-state index in [1.165, 1.54) is 47.9 Å². The highest BCUT2D eigenvalue weighted by Gasteiger charge is 2.26. The van der Waals surface area contributed by atoms with Gasteiger partial charge in [-0.2, -0.15) is 0 Å². The van der Waals surface area contributed by atoms with Crippen molar-refractivity contribution in [1.29, 1.82) is 0 Å². The summed E-state index contributed by atoms with van der Waals surface area (Å²) in [7, 11) is 0. The van der Waals surface area contributed by atoms with E-state index in [0.717, 1.165) is 17.1 Å². The minimum absolute atomic E-state index is 0.0762. The van der Waals surface area contributed by atoms with Crippen LogP contribution in [0.4, 0.5) is 0 Å². The van der Waals surface area contributed by atoms with Crippen LogP contribution in [0.3, 0.4) is 0 Å². The van der Waals surface area contributed by atoms with Crippen LogP contribution in [0.2, 0.25) is 0 Å². The third-order valence-corrected chi connectivity index (χ3v) is 5.73. The Hall–Kier alpha value is -2.75. The van der Waals surface area contributed by atoms with Gasteiger partial charge in [-0.25, -0.2) is 0 Å². The molecule has 0 fully saturated rings. The molecule has 0 saturated heterocycles. The highest BCUT2D eigenvalue weighted by Crippen LogP contribution is 2.38. The lowest BCUT2D eigenvalue weighted by molar-refractivity contribution is -0.137. The van der Waals surface area contributed by atoms with Gasteiger partial charge in [0.15, 0.2) is 0 Å². The first kappa shape index (κ1) is 18.6. The van der Waals surface area contributed by atoms with Gasteiger partial charge in [0, 0.05) is 17.5 Å². The van der Waals surface area contributed by atoms with E-state index in [-0.39, 0.29) is 12.3 Å². The fourth-order valence-corrected chi connectivity index (χ4v) is 4.09. The lowest BCUT2D eigenvalue weighted by Crippen LogP contribution is -2.07. The van der Waals surface area contributed by atoms with Crippen molar-refractivity contribution in [3.8, 4) is 11.5 Å². The third-order valence-electron chi connectivity index (χ3n) is 5.73. The van der Waals surface area contributed by atoms with Gasteiger partial charge in [-0.15, -0.1) is 0 Å². The number of hydrogen-bond acceptors (Lipinski definition) is 3. The molecule has 0 radical (unpaired) electrons. The summed E-state index contributed by atoms with van der Waals surface area (Å²) in [5.41, 5.74) is 6.42. The van der Waals surface area contributed by atoms with E-state index in [1.54, 1.807) is 0 Å². The standard InChI is InChI=1S/C24H26O4/c1-16(18-7-6-17-4-2-3-5-19(17)12-18)10-11-27-21-8-9-22-20(13-24(25)26)15-28-23(22)14-21/h6-10,12,14,20H,2-5,11,13,15H2,1H3,(H,25,26)/b16-10+. The van der Waals surface area contributed by atoms with E-state index in [2.05, 4.69) is 31.2 Å². The molecule has 1 N–H and O–H groups in total. The fraction of sp³-hybridized carbons (Fsp3) is 0.375. The maximum absolute atomic E-state index is 10.9. The molecule has 28 heavy (non-hydrogen) atoms. The van der Waals surface area contributed by atoms with Crippen molar-refractivity contribution >= 4 is 11.5 Å². The second-order valence-corrected chi connectivity index (χ2v) is 7.69. The molecule has 146 valence electrons. The Morgan fingerprint density at radius 3 is 2.82 bits per heavy atom. The number of fused-ring (bicyclic) bond motifs is 2. The number of hydrogen-bond donors (Lipinski definition) is 1. The van der Waals surface area contributed by atoms with Crippen LogP contribution in [-0.2, 0) is 17.6 Å². The molecule has 0 bridgehead atoms. The van der Waals surface area contributed by atoms with Crippen LogP contribution in [0.5, 0.6) is 11.5 Å². The van der Waals surface area contributed by atoms with Crippen LogP contribution in [0.15, 0.2) is 42.5 Å². The van der Waals surface area contributed by atoms with Crippen LogP contribution in [0.1, 0.15) is 54.4 Å². The zero-order chi connectivity index (χ0) is 19.5. The molecule has 0 spiro atoms. The highest BCUT2D eigenvalue weighted by molar-refractivity contribution is 5.69. The van der Waals surface area contributed by atoms with Gasteiger partial charge in [0.1, 0.15) is 18.1 Å². The average molecular weight is 378 g/mol. The van der Waals surface area contributed by atoms with Crippen LogP contribution in [0, 0.1) is 0 Å². The number of carboxylic acids is 1. The first-order chi connectivity index (χ1) is 13.6. The largest absolute Gasteiger partial charge is 0.492 e. The molecule has 2 aliphatic rings. The van der Waals surface area contributed by atoms with E-state index in [9.17, 15) is 4.79 Å². The number of aliphatic carboxylic acids is 1. The average Bonchev–Trinajstić information content (AvgIpc) is 3.09. The molecule has 0 amide bonds. The Morgan fingerprint density at radius 2 is 2.00 bits per heavy atom. The van der Waals surface area contributed by atoms with Gasteiger partial charge in [0.25, 0.3) is 0 Å². The van der Waals surface area contributed by atoms with E-state index in [1.807, 2.05) is 18.2 Å². The van der Waals surface area contributed by atoms with E-state index in [0.29, 0.717) is 13.2 Å². The number of carboxylic acid groups (broad SMARTS) is 1. The first-order valence-corrected chi connectivity index (χ1v) is 10.0. The van der Waals surface area contributed by atoms with Gasteiger partial charge in [-0.3, -0.25) is 4.79 Å².